The van der Waals surface area contributed by atoms with E-state index in [4.69, 9.17) is 4.74 Å². The van der Waals surface area contributed by atoms with E-state index in [1.54, 1.807) is 0 Å². The van der Waals surface area contributed by atoms with Crippen LogP contribution in [0, 0.1) is 24.2 Å². The number of nitrogens with zero attached hydrogens (tertiary/aromatic N) is 1. The van der Waals surface area contributed by atoms with Crippen molar-refractivity contribution in [2.75, 3.05) is 11.9 Å². The first-order valence-electron chi connectivity index (χ1n) is 8.10. The zero-order chi connectivity index (χ0) is 17.1. The van der Waals surface area contributed by atoms with E-state index >= 15 is 0 Å². The molecular weight excluding hydrogens is 320 g/mol. The number of nitrogens with one attached hydrogen (secondary N) is 1. The minimum atomic E-state index is -0.237. The Kier molecular flexibility index (Phi) is 4.86. The second kappa shape index (κ2) is 7.06. The zero-order valence-electron chi connectivity index (χ0n) is 13.9. The van der Waals surface area contributed by atoms with Crippen LogP contribution < -0.4 is 10.1 Å². The summed E-state index contributed by atoms with van der Waals surface area (Å²) in [5.41, 5.74) is 2.89. The molecule has 1 aliphatic carbocycles. The molecule has 1 N–H and O–H groups in total. The summed E-state index contributed by atoms with van der Waals surface area (Å²) >= 11 is 1.53. The molecule has 1 atom stereocenters. The van der Waals surface area contributed by atoms with Crippen LogP contribution in [-0.2, 0) is 17.6 Å². The predicted octanol–water partition coefficient (Wildman–Crippen LogP) is 4.07. The van der Waals surface area contributed by atoms with E-state index in [0.717, 1.165) is 30.4 Å². The van der Waals surface area contributed by atoms with Crippen molar-refractivity contribution < 1.29 is 9.53 Å². The van der Waals surface area contributed by atoms with Gasteiger partial charge >= 0.3 is 0 Å². The molecule has 2 aromatic rings. The molecule has 0 radical (unpaired) electrons. The van der Waals surface area contributed by atoms with Gasteiger partial charge in [0.05, 0.1) is 5.56 Å². The largest absolute Gasteiger partial charge is 0.484 e. The molecule has 0 saturated heterocycles. The number of aryl methyl sites for hydroxylation is 1. The molecule has 5 heteroatoms. The van der Waals surface area contributed by atoms with Crippen molar-refractivity contribution >= 4 is 22.2 Å². The number of carbonyl (C=O) groups excluding carboxylic acids is 1. The van der Waals surface area contributed by atoms with Gasteiger partial charge in [-0.05, 0) is 49.8 Å². The zero-order valence-corrected chi connectivity index (χ0v) is 14.7. The lowest BCUT2D eigenvalue weighted by Gasteiger charge is -2.17. The first-order valence-corrected chi connectivity index (χ1v) is 8.92. The molecule has 0 bridgehead atoms. The molecule has 1 aromatic carbocycles. The van der Waals surface area contributed by atoms with Crippen LogP contribution in [0.5, 0.6) is 5.75 Å². The molecule has 0 spiro atoms. The second-order valence-corrected chi connectivity index (χ2v) is 7.42. The summed E-state index contributed by atoms with van der Waals surface area (Å²) < 4.78 is 5.50. The van der Waals surface area contributed by atoms with Gasteiger partial charge < -0.3 is 10.1 Å². The fourth-order valence-electron chi connectivity index (χ4n) is 2.90. The van der Waals surface area contributed by atoms with Gasteiger partial charge in [-0.3, -0.25) is 4.79 Å². The van der Waals surface area contributed by atoms with Crippen LogP contribution in [0.4, 0.5) is 5.00 Å². The molecule has 3 rings (SSSR count). The number of amides is 1. The quantitative estimate of drug-likeness (QED) is 0.912. The topological polar surface area (TPSA) is 62.1 Å². The van der Waals surface area contributed by atoms with Gasteiger partial charge in [-0.25, -0.2) is 0 Å². The number of anilines is 1. The number of carbonyl (C=O) groups is 1. The molecule has 124 valence electrons. The number of rotatable bonds is 4. The highest BCUT2D eigenvalue weighted by Gasteiger charge is 2.24. The van der Waals surface area contributed by atoms with Crippen molar-refractivity contribution in [2.24, 2.45) is 5.92 Å². The predicted molar refractivity (Wildman–Crippen MR) is 95.5 cm³/mol. The smallest absolute Gasteiger partial charge is 0.262 e. The van der Waals surface area contributed by atoms with Gasteiger partial charge in [0.15, 0.2) is 6.61 Å². The maximum absolute atomic E-state index is 12.2. The number of thiophene rings is 1. The maximum atomic E-state index is 12.2. The summed E-state index contributed by atoms with van der Waals surface area (Å²) in [5, 5.41) is 13.0. The Bertz CT molecular complexity index is 787. The Morgan fingerprint density at radius 3 is 2.88 bits per heavy atom. The number of nitriles is 1. The second-order valence-electron chi connectivity index (χ2n) is 6.32. The molecular formula is C19H20N2O2S. The van der Waals surface area contributed by atoms with Crippen molar-refractivity contribution in [3.05, 3.63) is 45.8 Å². The van der Waals surface area contributed by atoms with Crippen LogP contribution in [0.3, 0.4) is 0 Å². The van der Waals surface area contributed by atoms with Crippen LogP contribution in [0.2, 0.25) is 0 Å². The first-order chi connectivity index (χ1) is 11.6. The summed E-state index contributed by atoms with van der Waals surface area (Å²) in [5.74, 6) is 1.06. The average molecular weight is 340 g/mol. The van der Waals surface area contributed by atoms with E-state index in [9.17, 15) is 10.1 Å². The van der Waals surface area contributed by atoms with Crippen molar-refractivity contribution in [1.82, 2.24) is 0 Å². The summed E-state index contributed by atoms with van der Waals surface area (Å²) in [6.07, 6.45) is 3.01. The molecule has 0 fully saturated rings. The van der Waals surface area contributed by atoms with E-state index in [0.29, 0.717) is 22.2 Å². The van der Waals surface area contributed by atoms with Gasteiger partial charge in [0.2, 0.25) is 0 Å². The highest BCUT2D eigenvalue weighted by atomic mass is 32.1. The Balaban J connectivity index is 1.66. The highest BCUT2D eigenvalue weighted by molar-refractivity contribution is 7.16. The number of fused-ring (bicyclic) bond motifs is 1. The third kappa shape index (κ3) is 3.60. The van der Waals surface area contributed by atoms with Crippen LogP contribution in [0.1, 0.15) is 34.9 Å². The highest BCUT2D eigenvalue weighted by Crippen LogP contribution is 2.39. The van der Waals surface area contributed by atoms with Gasteiger partial charge in [0.25, 0.3) is 5.91 Å². The molecule has 0 unspecified atom stereocenters. The number of ether oxygens (including phenoxy) is 1. The summed E-state index contributed by atoms with van der Waals surface area (Å²) in [7, 11) is 0. The van der Waals surface area contributed by atoms with Crippen molar-refractivity contribution in [3.8, 4) is 11.8 Å². The van der Waals surface area contributed by atoms with Crippen molar-refractivity contribution in [1.29, 1.82) is 5.26 Å². The normalized spacial score (nSPS) is 16.1. The SMILES string of the molecule is Cc1ccc(OCC(=O)Nc2sc3c(c2C#N)CC[C@H](C)C3)cc1. The fraction of sp³-hybridized carbons (Fsp3) is 0.368. The lowest BCUT2D eigenvalue weighted by molar-refractivity contribution is -0.118. The van der Waals surface area contributed by atoms with E-state index in [-0.39, 0.29) is 12.5 Å². The monoisotopic (exact) mass is 340 g/mol. The molecule has 1 aliphatic rings. The molecule has 0 saturated carbocycles. The minimum Gasteiger partial charge on any atom is -0.484 e. The summed E-state index contributed by atoms with van der Waals surface area (Å²) in [6.45, 7) is 4.16. The van der Waals surface area contributed by atoms with E-state index in [1.807, 2.05) is 31.2 Å². The molecule has 0 aliphatic heterocycles. The average Bonchev–Trinajstić information content (AvgIpc) is 2.90. The lowest BCUT2D eigenvalue weighted by Crippen LogP contribution is -2.20. The summed E-state index contributed by atoms with van der Waals surface area (Å²) in [4.78, 5) is 13.4. The third-order valence-corrected chi connectivity index (χ3v) is 5.44. The van der Waals surface area contributed by atoms with Gasteiger partial charge in [-0.15, -0.1) is 11.3 Å². The van der Waals surface area contributed by atoms with E-state index < -0.39 is 0 Å². The summed E-state index contributed by atoms with van der Waals surface area (Å²) in [6, 6.07) is 9.82. The van der Waals surface area contributed by atoms with Gasteiger partial charge in [0.1, 0.15) is 16.8 Å². The standard InChI is InChI=1S/C19H20N2O2S/c1-12-3-6-14(7-4-12)23-11-18(22)21-19-16(10-20)15-8-5-13(2)9-17(15)24-19/h3-4,6-7,13H,5,8-9,11H2,1-2H3,(H,21,22)/t13-/m0/s1. The number of hydrogen-bond donors (Lipinski definition) is 1. The molecule has 24 heavy (non-hydrogen) atoms. The fourth-order valence-corrected chi connectivity index (χ4v) is 4.28. The molecule has 1 aromatic heterocycles. The van der Waals surface area contributed by atoms with E-state index in [2.05, 4.69) is 18.3 Å². The Hall–Kier alpha value is -2.32. The van der Waals surface area contributed by atoms with E-state index in [1.165, 1.54) is 16.2 Å². The van der Waals surface area contributed by atoms with Gasteiger partial charge in [0, 0.05) is 4.88 Å². The number of benzene rings is 1. The van der Waals surface area contributed by atoms with Gasteiger partial charge in [-0.2, -0.15) is 5.26 Å². The van der Waals surface area contributed by atoms with Gasteiger partial charge in [-0.1, -0.05) is 24.6 Å². The van der Waals surface area contributed by atoms with Crippen LogP contribution in [0.15, 0.2) is 24.3 Å². The molecule has 1 heterocycles. The Morgan fingerprint density at radius 2 is 2.17 bits per heavy atom. The molecule has 1 amide bonds. The van der Waals surface area contributed by atoms with Crippen LogP contribution in [-0.4, -0.2) is 12.5 Å². The Morgan fingerprint density at radius 1 is 1.42 bits per heavy atom. The number of hydrogen-bond acceptors (Lipinski definition) is 4. The van der Waals surface area contributed by atoms with Crippen LogP contribution in [0.25, 0.3) is 0 Å². The van der Waals surface area contributed by atoms with Crippen molar-refractivity contribution in [2.45, 2.75) is 33.1 Å². The minimum absolute atomic E-state index is 0.0626. The molecule has 4 nitrogen and oxygen atoms in total. The third-order valence-electron chi connectivity index (χ3n) is 4.27. The first kappa shape index (κ1) is 16.5. The van der Waals surface area contributed by atoms with Crippen LogP contribution >= 0.6 is 11.3 Å². The lowest BCUT2D eigenvalue weighted by atomic mass is 9.89. The maximum Gasteiger partial charge on any atom is 0.262 e. The van der Waals surface area contributed by atoms with Crippen molar-refractivity contribution in [3.63, 3.8) is 0 Å². The Labute approximate surface area is 146 Å².